The van der Waals surface area contributed by atoms with Gasteiger partial charge in [0.15, 0.2) is 0 Å². The fourth-order valence-corrected chi connectivity index (χ4v) is 5.89. The molecule has 297 valence electrons. The van der Waals surface area contributed by atoms with E-state index in [1.165, 1.54) is 44.2 Å². The monoisotopic (exact) mass is 787 g/mol. The summed E-state index contributed by atoms with van der Waals surface area (Å²) in [5.74, 6) is -1.46. The lowest BCUT2D eigenvalue weighted by atomic mass is 10.1. The Balaban J connectivity index is 0.000000221. The third-order valence-corrected chi connectivity index (χ3v) is 8.97. The summed E-state index contributed by atoms with van der Waals surface area (Å²) in [6, 6.07) is 23.8. The van der Waals surface area contributed by atoms with Crippen LogP contribution in [0.15, 0.2) is 97.3 Å². The molecular weight excluding hydrogens is 745 g/mol. The molecule has 3 heterocycles. The van der Waals surface area contributed by atoms with Crippen LogP contribution in [0, 0.1) is 39.3 Å². The molecule has 6 aromatic rings. The van der Waals surface area contributed by atoms with Gasteiger partial charge in [0.25, 0.3) is 5.91 Å². The molecule has 3 radical (unpaired) electrons. The highest BCUT2D eigenvalue weighted by Crippen LogP contribution is 2.31. The van der Waals surface area contributed by atoms with E-state index in [0.717, 1.165) is 42.2 Å². The molecule has 1 saturated heterocycles. The quantitative estimate of drug-likeness (QED) is 0.113. The molecule has 1 aliphatic rings. The Morgan fingerprint density at radius 3 is 1.63 bits per heavy atom. The maximum atomic E-state index is 14.5. The molecule has 0 atom stereocenters. The van der Waals surface area contributed by atoms with Crippen molar-refractivity contribution in [3.63, 3.8) is 0 Å². The van der Waals surface area contributed by atoms with Crippen molar-refractivity contribution in [3.05, 3.63) is 143 Å². The number of aryl methyl sites for hydroxylation is 4. The Morgan fingerprint density at radius 1 is 0.684 bits per heavy atom. The number of benzene rings is 4. The second kappa shape index (κ2) is 20.4. The number of amides is 1. The third kappa shape index (κ3) is 11.6. The predicted molar refractivity (Wildman–Crippen MR) is 211 cm³/mol. The van der Waals surface area contributed by atoms with Gasteiger partial charge in [-0.1, -0.05) is 42.5 Å². The van der Waals surface area contributed by atoms with Crippen molar-refractivity contribution in [1.82, 2.24) is 19.6 Å². The second-order valence-electron chi connectivity index (χ2n) is 13.0. The molecular formula is C42H42BF6N6O2. The van der Waals surface area contributed by atoms with E-state index < -0.39 is 24.7 Å². The molecule has 0 bridgehead atoms. The number of hydrogen-bond donors (Lipinski definition) is 2. The lowest BCUT2D eigenvalue weighted by molar-refractivity contribution is 0.0559. The molecule has 1 amide bonds. The van der Waals surface area contributed by atoms with Crippen LogP contribution in [-0.2, 0) is 11.3 Å². The zero-order valence-electron chi connectivity index (χ0n) is 31.9. The molecule has 2 N–H and O–H groups in total. The number of ether oxygens (including phenoxy) is 1. The summed E-state index contributed by atoms with van der Waals surface area (Å²) in [7, 11) is 0. The standard InChI is InChI=1S/C19H16F3N3O.C19H18F3N3.C4H8O.B/c1-11-5-3-4-6-14(11)18(26)23-13-7-8-15(17(20)9-13)16-10-25(19(21)22)24-12(16)2;1-12-5-3-4-6-14(12)10-23-15-7-8-16(18(20)9-15)17-11-25(19(21)22)24-13(17)2;1-2-4-5-3-1;/h3-10,19H,1-2H3,(H,23,26);3-9,11,19,23H,10H2,1-2H3;1-4H2;. The molecule has 0 unspecified atom stereocenters. The van der Waals surface area contributed by atoms with Gasteiger partial charge in [-0.2, -0.15) is 27.8 Å². The maximum Gasteiger partial charge on any atom is 0.333 e. The van der Waals surface area contributed by atoms with E-state index in [0.29, 0.717) is 44.1 Å². The summed E-state index contributed by atoms with van der Waals surface area (Å²) in [6.45, 7) is 3.98. The highest BCUT2D eigenvalue weighted by Gasteiger charge is 2.18. The average molecular weight is 788 g/mol. The van der Waals surface area contributed by atoms with Gasteiger partial charge in [0.05, 0.1) is 11.4 Å². The minimum Gasteiger partial charge on any atom is -0.381 e. The summed E-state index contributed by atoms with van der Waals surface area (Å²) in [5.41, 5.74) is 6.17. The summed E-state index contributed by atoms with van der Waals surface area (Å²) in [4.78, 5) is 12.3. The van der Waals surface area contributed by atoms with E-state index >= 15 is 0 Å². The molecule has 8 nitrogen and oxygen atoms in total. The first-order chi connectivity index (χ1) is 26.8. The molecule has 0 aliphatic carbocycles. The van der Waals surface area contributed by atoms with Crippen LogP contribution in [0.5, 0.6) is 0 Å². The van der Waals surface area contributed by atoms with Gasteiger partial charge >= 0.3 is 13.1 Å². The lowest BCUT2D eigenvalue weighted by Crippen LogP contribution is -2.13. The number of nitrogens with zero attached hydrogens (tertiary/aromatic N) is 4. The largest absolute Gasteiger partial charge is 0.381 e. The Bertz CT molecular complexity index is 2250. The van der Waals surface area contributed by atoms with E-state index in [4.69, 9.17) is 4.74 Å². The van der Waals surface area contributed by atoms with Crippen molar-refractivity contribution in [2.75, 3.05) is 23.8 Å². The molecule has 0 saturated carbocycles. The summed E-state index contributed by atoms with van der Waals surface area (Å²) in [6.07, 6.45) is 4.82. The van der Waals surface area contributed by atoms with Crippen molar-refractivity contribution in [2.24, 2.45) is 0 Å². The molecule has 2 aromatic heterocycles. The van der Waals surface area contributed by atoms with E-state index in [1.807, 2.05) is 50.2 Å². The normalized spacial score (nSPS) is 12.0. The molecule has 7 rings (SSSR count). The number of aromatic nitrogens is 4. The van der Waals surface area contributed by atoms with Crippen LogP contribution in [0.4, 0.5) is 37.7 Å². The van der Waals surface area contributed by atoms with Crippen LogP contribution >= 0.6 is 0 Å². The second-order valence-corrected chi connectivity index (χ2v) is 13.0. The van der Waals surface area contributed by atoms with Gasteiger partial charge in [0, 0.05) is 79.8 Å². The van der Waals surface area contributed by atoms with E-state index in [9.17, 15) is 31.1 Å². The van der Waals surface area contributed by atoms with Crippen LogP contribution < -0.4 is 10.6 Å². The van der Waals surface area contributed by atoms with Crippen LogP contribution in [0.25, 0.3) is 22.3 Å². The van der Waals surface area contributed by atoms with Gasteiger partial charge in [-0.05, 0) is 99.7 Å². The van der Waals surface area contributed by atoms with E-state index in [2.05, 4.69) is 20.8 Å². The zero-order valence-corrected chi connectivity index (χ0v) is 31.9. The molecule has 57 heavy (non-hydrogen) atoms. The van der Waals surface area contributed by atoms with Crippen molar-refractivity contribution in [1.29, 1.82) is 0 Å². The van der Waals surface area contributed by atoms with E-state index in [-0.39, 0.29) is 36.7 Å². The molecule has 1 aliphatic heterocycles. The fourth-order valence-electron chi connectivity index (χ4n) is 5.89. The summed E-state index contributed by atoms with van der Waals surface area (Å²) >= 11 is 0. The minimum atomic E-state index is -2.79. The number of alkyl halides is 4. The molecule has 15 heteroatoms. The van der Waals surface area contributed by atoms with Crippen molar-refractivity contribution in [3.8, 4) is 22.3 Å². The summed E-state index contributed by atoms with van der Waals surface area (Å²) in [5, 5.41) is 13.2. The number of anilines is 2. The Morgan fingerprint density at radius 2 is 1.18 bits per heavy atom. The zero-order chi connectivity index (χ0) is 40.4. The van der Waals surface area contributed by atoms with Crippen LogP contribution in [0.2, 0.25) is 0 Å². The number of hydrogen-bond acceptors (Lipinski definition) is 5. The van der Waals surface area contributed by atoms with Gasteiger partial charge < -0.3 is 15.4 Å². The van der Waals surface area contributed by atoms with Crippen LogP contribution in [0.1, 0.15) is 64.4 Å². The van der Waals surface area contributed by atoms with Crippen LogP contribution in [-0.4, -0.2) is 47.1 Å². The number of halogens is 6. The molecule has 0 spiro atoms. The van der Waals surface area contributed by atoms with Gasteiger partial charge in [-0.15, -0.1) is 0 Å². The first-order valence-electron chi connectivity index (χ1n) is 17.8. The maximum absolute atomic E-state index is 14.5. The highest BCUT2D eigenvalue weighted by atomic mass is 19.3. The van der Waals surface area contributed by atoms with Gasteiger partial charge in [0.1, 0.15) is 11.6 Å². The third-order valence-electron chi connectivity index (χ3n) is 8.97. The lowest BCUT2D eigenvalue weighted by Gasteiger charge is -2.10. The number of carbonyl (C=O) groups is 1. The van der Waals surface area contributed by atoms with E-state index in [1.54, 1.807) is 31.2 Å². The van der Waals surface area contributed by atoms with Crippen molar-refractivity contribution < 1.29 is 35.9 Å². The minimum absolute atomic E-state index is 0. The van der Waals surface area contributed by atoms with Crippen molar-refractivity contribution >= 4 is 25.7 Å². The summed E-state index contributed by atoms with van der Waals surface area (Å²) < 4.78 is 85.9. The first-order valence-corrected chi connectivity index (χ1v) is 17.8. The average Bonchev–Trinajstić information content (AvgIpc) is 3.95. The topological polar surface area (TPSA) is 86.0 Å². The van der Waals surface area contributed by atoms with Gasteiger partial charge in [-0.3, -0.25) is 4.79 Å². The predicted octanol–water partition coefficient (Wildman–Crippen LogP) is 10.7. The van der Waals surface area contributed by atoms with Gasteiger partial charge in [-0.25, -0.2) is 18.1 Å². The number of carbonyl (C=O) groups excluding carboxylic acids is 1. The Hall–Kier alpha value is -5.83. The Kier molecular flexibility index (Phi) is 15.7. The SMILES string of the molecule is C1CCOC1.Cc1ccccc1C(=O)Nc1ccc(-c2cn(C(F)F)nc2C)c(F)c1.Cc1ccccc1CNc1ccc(-c2cn(C(F)F)nc2C)c(F)c1.[B]. The molecule has 4 aromatic carbocycles. The van der Waals surface area contributed by atoms with Gasteiger partial charge in [0.2, 0.25) is 0 Å². The highest BCUT2D eigenvalue weighted by molar-refractivity contribution is 6.05. The smallest absolute Gasteiger partial charge is 0.333 e. The van der Waals surface area contributed by atoms with Crippen molar-refractivity contribution in [2.45, 2.75) is 60.2 Å². The Labute approximate surface area is 329 Å². The number of rotatable bonds is 9. The number of nitrogens with one attached hydrogen (secondary N) is 2. The molecule has 1 fully saturated rings. The first kappa shape index (κ1) is 43.9. The fraction of sp³-hybridized carbons (Fsp3) is 0.262. The van der Waals surface area contributed by atoms with Crippen LogP contribution in [0.3, 0.4) is 0 Å².